The third-order valence-electron chi connectivity index (χ3n) is 2.04. The summed E-state index contributed by atoms with van der Waals surface area (Å²) in [4.78, 5) is 0. The molecule has 1 heterocycles. The van der Waals surface area contributed by atoms with Crippen LogP contribution >= 0.6 is 35.0 Å². The highest BCUT2D eigenvalue weighted by atomic mass is 35.5. The van der Waals surface area contributed by atoms with Crippen LogP contribution in [0.3, 0.4) is 0 Å². The highest BCUT2D eigenvalue weighted by molar-refractivity contribution is 7.98. The van der Waals surface area contributed by atoms with Crippen molar-refractivity contribution in [2.24, 2.45) is 7.05 Å². The third kappa shape index (κ3) is 2.70. The van der Waals surface area contributed by atoms with Crippen molar-refractivity contribution in [3.8, 4) is 0 Å². The summed E-state index contributed by atoms with van der Waals surface area (Å²) in [6.07, 6.45) is 1.67. The summed E-state index contributed by atoms with van der Waals surface area (Å²) in [7, 11) is 1.91. The maximum atomic E-state index is 6.07. The number of thioether (sulfide) groups is 1. The molecule has 0 saturated heterocycles. The van der Waals surface area contributed by atoms with E-state index in [1.54, 1.807) is 24.2 Å². The van der Waals surface area contributed by atoms with E-state index in [0.29, 0.717) is 10.0 Å². The maximum absolute atomic E-state index is 6.07. The van der Waals surface area contributed by atoms with Crippen LogP contribution in [-0.2, 0) is 12.8 Å². The fourth-order valence-corrected chi connectivity index (χ4v) is 2.63. The van der Waals surface area contributed by atoms with Gasteiger partial charge >= 0.3 is 0 Å². The van der Waals surface area contributed by atoms with E-state index in [2.05, 4.69) is 10.2 Å². The lowest BCUT2D eigenvalue weighted by molar-refractivity contribution is 0.788. The Hall–Kier alpha value is -0.710. The van der Waals surface area contributed by atoms with Gasteiger partial charge in [0.05, 0.1) is 0 Å². The molecular weight excluding hydrogens is 265 g/mol. The highest BCUT2D eigenvalue weighted by Gasteiger charge is 2.05. The lowest BCUT2D eigenvalue weighted by atomic mass is 10.2. The van der Waals surface area contributed by atoms with E-state index in [4.69, 9.17) is 23.2 Å². The van der Waals surface area contributed by atoms with E-state index in [1.807, 2.05) is 23.7 Å². The molecule has 2 aromatic rings. The summed E-state index contributed by atoms with van der Waals surface area (Å²) in [5, 5.41) is 9.99. The monoisotopic (exact) mass is 273 g/mol. The van der Waals surface area contributed by atoms with Gasteiger partial charge in [-0.25, -0.2) is 0 Å². The topological polar surface area (TPSA) is 30.7 Å². The summed E-state index contributed by atoms with van der Waals surface area (Å²) in [6, 6.07) is 5.50. The number of hydrogen-bond donors (Lipinski definition) is 0. The molecule has 0 saturated carbocycles. The van der Waals surface area contributed by atoms with Gasteiger partial charge < -0.3 is 4.57 Å². The smallest absolute Gasteiger partial charge is 0.191 e. The lowest BCUT2D eigenvalue weighted by Crippen LogP contribution is -1.90. The Morgan fingerprint density at radius 3 is 2.81 bits per heavy atom. The van der Waals surface area contributed by atoms with Gasteiger partial charge in [-0.2, -0.15) is 0 Å². The van der Waals surface area contributed by atoms with Gasteiger partial charge in [-0.15, -0.1) is 10.2 Å². The molecule has 6 heteroatoms. The van der Waals surface area contributed by atoms with Gasteiger partial charge in [0.15, 0.2) is 5.16 Å². The molecule has 3 nitrogen and oxygen atoms in total. The van der Waals surface area contributed by atoms with Crippen molar-refractivity contribution < 1.29 is 0 Å². The standard InChI is InChI=1S/C10H9Cl2N3S/c1-15-6-13-14-10(15)16-5-7-2-3-8(11)4-9(7)12/h2-4,6H,5H2,1H3. The molecule has 0 unspecified atom stereocenters. The van der Waals surface area contributed by atoms with Crippen LogP contribution in [0, 0.1) is 0 Å². The number of benzene rings is 1. The Morgan fingerprint density at radius 1 is 1.38 bits per heavy atom. The number of halogens is 2. The summed E-state index contributed by atoms with van der Waals surface area (Å²) < 4.78 is 1.87. The molecule has 1 aromatic carbocycles. The van der Waals surface area contributed by atoms with Gasteiger partial charge in [0.2, 0.25) is 0 Å². The number of rotatable bonds is 3. The number of nitrogens with zero attached hydrogens (tertiary/aromatic N) is 3. The minimum atomic E-state index is 0.650. The zero-order valence-electron chi connectivity index (χ0n) is 8.52. The lowest BCUT2D eigenvalue weighted by Gasteiger charge is -2.03. The van der Waals surface area contributed by atoms with Crippen molar-refractivity contribution >= 4 is 35.0 Å². The van der Waals surface area contributed by atoms with E-state index in [1.165, 1.54) is 0 Å². The van der Waals surface area contributed by atoms with Crippen molar-refractivity contribution in [2.45, 2.75) is 10.9 Å². The van der Waals surface area contributed by atoms with Crippen molar-refractivity contribution in [1.29, 1.82) is 0 Å². The largest absolute Gasteiger partial charge is 0.312 e. The second-order valence-corrected chi connectivity index (χ2v) is 5.03. The molecule has 2 rings (SSSR count). The molecule has 0 fully saturated rings. The zero-order chi connectivity index (χ0) is 11.5. The normalized spacial score (nSPS) is 10.7. The Balaban J connectivity index is 2.08. The summed E-state index contributed by atoms with van der Waals surface area (Å²) in [5.74, 6) is 0.753. The van der Waals surface area contributed by atoms with Gasteiger partial charge in [-0.3, -0.25) is 0 Å². The van der Waals surface area contributed by atoms with Crippen LogP contribution in [0.2, 0.25) is 10.0 Å². The molecule has 0 spiro atoms. The zero-order valence-corrected chi connectivity index (χ0v) is 10.9. The van der Waals surface area contributed by atoms with E-state index in [0.717, 1.165) is 16.5 Å². The average molecular weight is 274 g/mol. The Kier molecular flexibility index (Phi) is 3.74. The minimum absolute atomic E-state index is 0.650. The van der Waals surface area contributed by atoms with Gasteiger partial charge in [0.25, 0.3) is 0 Å². The van der Waals surface area contributed by atoms with Crippen LogP contribution in [0.1, 0.15) is 5.56 Å². The number of hydrogen-bond acceptors (Lipinski definition) is 3. The van der Waals surface area contributed by atoms with Crippen LogP contribution in [0.5, 0.6) is 0 Å². The van der Waals surface area contributed by atoms with Gasteiger partial charge in [-0.05, 0) is 17.7 Å². The number of aromatic nitrogens is 3. The van der Waals surface area contributed by atoms with Crippen LogP contribution in [0.15, 0.2) is 29.7 Å². The highest BCUT2D eigenvalue weighted by Crippen LogP contribution is 2.27. The predicted octanol–water partition coefficient (Wildman–Crippen LogP) is 3.41. The molecule has 0 aliphatic carbocycles. The predicted molar refractivity (Wildman–Crippen MR) is 67.0 cm³/mol. The fraction of sp³-hybridized carbons (Fsp3) is 0.200. The molecule has 0 amide bonds. The molecular formula is C10H9Cl2N3S. The number of aryl methyl sites for hydroxylation is 1. The van der Waals surface area contributed by atoms with Crippen LogP contribution in [0.4, 0.5) is 0 Å². The van der Waals surface area contributed by atoms with Crippen molar-refractivity contribution in [3.63, 3.8) is 0 Å². The molecule has 0 aliphatic heterocycles. The van der Waals surface area contributed by atoms with E-state index >= 15 is 0 Å². The summed E-state index contributed by atoms with van der Waals surface area (Å²) in [5.41, 5.74) is 1.04. The molecule has 0 atom stereocenters. The summed E-state index contributed by atoms with van der Waals surface area (Å²) in [6.45, 7) is 0. The molecule has 0 bridgehead atoms. The van der Waals surface area contributed by atoms with Gasteiger partial charge in [0, 0.05) is 22.8 Å². The molecule has 16 heavy (non-hydrogen) atoms. The van der Waals surface area contributed by atoms with Gasteiger partial charge in [0.1, 0.15) is 6.33 Å². The second kappa shape index (κ2) is 5.08. The maximum Gasteiger partial charge on any atom is 0.191 e. The summed E-state index contributed by atoms with van der Waals surface area (Å²) >= 11 is 13.5. The van der Waals surface area contributed by atoms with Gasteiger partial charge in [-0.1, -0.05) is 41.0 Å². The SMILES string of the molecule is Cn1cnnc1SCc1ccc(Cl)cc1Cl. The first-order valence-corrected chi connectivity index (χ1v) is 6.31. The third-order valence-corrected chi connectivity index (χ3v) is 3.71. The fourth-order valence-electron chi connectivity index (χ4n) is 1.18. The first-order chi connectivity index (χ1) is 7.66. The van der Waals surface area contributed by atoms with Crippen LogP contribution in [-0.4, -0.2) is 14.8 Å². The molecule has 1 aromatic heterocycles. The molecule has 0 N–H and O–H groups in total. The first-order valence-electron chi connectivity index (χ1n) is 4.57. The van der Waals surface area contributed by atoms with E-state index in [9.17, 15) is 0 Å². The van der Waals surface area contributed by atoms with Crippen LogP contribution < -0.4 is 0 Å². The van der Waals surface area contributed by atoms with E-state index in [-0.39, 0.29) is 0 Å². The van der Waals surface area contributed by atoms with Crippen LogP contribution in [0.25, 0.3) is 0 Å². The Bertz CT molecular complexity index is 499. The average Bonchev–Trinajstić information content (AvgIpc) is 2.63. The Labute approximate surface area is 108 Å². The van der Waals surface area contributed by atoms with E-state index < -0.39 is 0 Å². The van der Waals surface area contributed by atoms with Crippen molar-refractivity contribution in [2.75, 3.05) is 0 Å². The molecule has 0 aliphatic rings. The van der Waals surface area contributed by atoms with Crippen molar-refractivity contribution in [1.82, 2.24) is 14.8 Å². The first kappa shape index (κ1) is 11.8. The molecule has 0 radical (unpaired) electrons. The quantitative estimate of drug-likeness (QED) is 0.803. The minimum Gasteiger partial charge on any atom is -0.312 e. The molecule has 84 valence electrons. The Morgan fingerprint density at radius 2 is 2.19 bits per heavy atom. The van der Waals surface area contributed by atoms with Crippen molar-refractivity contribution in [3.05, 3.63) is 40.1 Å². The second-order valence-electron chi connectivity index (χ2n) is 3.25.